The number of aromatic nitrogens is 2. The maximum atomic E-state index is 5.25. The zero-order valence-electron chi connectivity index (χ0n) is 12.2. The van der Waals surface area contributed by atoms with Crippen molar-refractivity contribution in [1.82, 2.24) is 20.4 Å². The van der Waals surface area contributed by atoms with E-state index >= 15 is 0 Å². The van der Waals surface area contributed by atoms with E-state index in [2.05, 4.69) is 27.3 Å². The summed E-state index contributed by atoms with van der Waals surface area (Å²) < 4.78 is 5.25. The van der Waals surface area contributed by atoms with Crippen LogP contribution in [0.5, 0.6) is 0 Å². The molecule has 0 radical (unpaired) electrons. The number of likely N-dealkylation sites (tertiary alicyclic amines) is 1. The van der Waals surface area contributed by atoms with Crippen LogP contribution >= 0.6 is 0 Å². The number of piperidine rings is 1. The molecule has 1 N–H and O–H groups in total. The van der Waals surface area contributed by atoms with Gasteiger partial charge in [0.15, 0.2) is 5.82 Å². The summed E-state index contributed by atoms with van der Waals surface area (Å²) in [5, 5.41) is 7.46. The Hall–Kier alpha value is -0.940. The molecule has 19 heavy (non-hydrogen) atoms. The molecule has 1 aromatic rings. The summed E-state index contributed by atoms with van der Waals surface area (Å²) in [4.78, 5) is 6.79. The van der Waals surface area contributed by atoms with Crippen LogP contribution in [0.25, 0.3) is 0 Å². The van der Waals surface area contributed by atoms with Crippen molar-refractivity contribution in [3.05, 3.63) is 11.7 Å². The fourth-order valence-corrected chi connectivity index (χ4v) is 2.52. The third kappa shape index (κ3) is 4.58. The van der Waals surface area contributed by atoms with E-state index < -0.39 is 0 Å². The van der Waals surface area contributed by atoms with Crippen LogP contribution in [-0.4, -0.2) is 41.2 Å². The van der Waals surface area contributed by atoms with Gasteiger partial charge in [-0.25, -0.2) is 0 Å². The van der Waals surface area contributed by atoms with E-state index in [4.69, 9.17) is 4.52 Å². The van der Waals surface area contributed by atoms with E-state index in [0.717, 1.165) is 50.2 Å². The SMILES string of the molecule is CCCNCC1CCN(Cc2nc(CC)no2)CC1. The van der Waals surface area contributed by atoms with Crippen LogP contribution in [0.2, 0.25) is 0 Å². The first-order valence-corrected chi connectivity index (χ1v) is 7.56. The van der Waals surface area contributed by atoms with Gasteiger partial charge in [-0.15, -0.1) is 0 Å². The van der Waals surface area contributed by atoms with Gasteiger partial charge in [0.2, 0.25) is 5.89 Å². The average molecular weight is 266 g/mol. The lowest BCUT2D eigenvalue weighted by atomic mass is 9.97. The Morgan fingerprint density at radius 2 is 2.11 bits per heavy atom. The Kier molecular flexibility index (Phi) is 5.79. The molecule has 0 amide bonds. The van der Waals surface area contributed by atoms with Crippen LogP contribution in [0.4, 0.5) is 0 Å². The summed E-state index contributed by atoms with van der Waals surface area (Å²) in [6.07, 6.45) is 4.60. The second kappa shape index (κ2) is 7.60. The molecule has 1 fully saturated rings. The quantitative estimate of drug-likeness (QED) is 0.763. The standard InChI is InChI=1S/C14H26N4O/c1-3-7-15-10-12-5-8-18(9-6-12)11-14-16-13(4-2)17-19-14/h12,15H,3-11H2,1-2H3. The molecular weight excluding hydrogens is 240 g/mol. The molecule has 2 heterocycles. The second-order valence-electron chi connectivity index (χ2n) is 5.38. The minimum Gasteiger partial charge on any atom is -0.338 e. The summed E-state index contributed by atoms with van der Waals surface area (Å²) >= 11 is 0. The third-order valence-corrected chi connectivity index (χ3v) is 3.75. The molecule has 0 aliphatic carbocycles. The van der Waals surface area contributed by atoms with E-state index in [9.17, 15) is 0 Å². The van der Waals surface area contributed by atoms with Gasteiger partial charge in [-0.3, -0.25) is 4.90 Å². The summed E-state index contributed by atoms with van der Waals surface area (Å²) in [6, 6.07) is 0. The predicted molar refractivity (Wildman–Crippen MR) is 74.8 cm³/mol. The van der Waals surface area contributed by atoms with E-state index in [-0.39, 0.29) is 0 Å². The number of hydrogen-bond donors (Lipinski definition) is 1. The molecule has 2 rings (SSSR count). The van der Waals surface area contributed by atoms with Gasteiger partial charge in [-0.05, 0) is 51.4 Å². The molecule has 5 heteroatoms. The van der Waals surface area contributed by atoms with Gasteiger partial charge >= 0.3 is 0 Å². The minimum atomic E-state index is 0.763. The predicted octanol–water partition coefficient (Wildman–Crippen LogP) is 1.84. The Labute approximate surface area is 115 Å². The maximum Gasteiger partial charge on any atom is 0.240 e. The Bertz CT molecular complexity index is 358. The van der Waals surface area contributed by atoms with Gasteiger partial charge < -0.3 is 9.84 Å². The lowest BCUT2D eigenvalue weighted by Gasteiger charge is -2.31. The van der Waals surface area contributed by atoms with Crippen molar-refractivity contribution in [3.63, 3.8) is 0 Å². The first-order chi connectivity index (χ1) is 9.31. The van der Waals surface area contributed by atoms with Crippen molar-refractivity contribution >= 4 is 0 Å². The van der Waals surface area contributed by atoms with E-state index in [1.165, 1.54) is 25.8 Å². The number of nitrogens with zero attached hydrogens (tertiary/aromatic N) is 3. The molecule has 0 atom stereocenters. The molecule has 0 bridgehead atoms. The molecule has 1 aliphatic heterocycles. The fourth-order valence-electron chi connectivity index (χ4n) is 2.52. The van der Waals surface area contributed by atoms with Crippen LogP contribution in [0.3, 0.4) is 0 Å². The summed E-state index contributed by atoms with van der Waals surface area (Å²) in [5.74, 6) is 2.41. The largest absolute Gasteiger partial charge is 0.338 e. The Morgan fingerprint density at radius 1 is 1.32 bits per heavy atom. The van der Waals surface area contributed by atoms with Crippen LogP contribution < -0.4 is 5.32 Å². The zero-order valence-corrected chi connectivity index (χ0v) is 12.2. The van der Waals surface area contributed by atoms with Crippen LogP contribution in [0.1, 0.15) is 44.8 Å². The van der Waals surface area contributed by atoms with Crippen molar-refractivity contribution in [1.29, 1.82) is 0 Å². The van der Waals surface area contributed by atoms with E-state index in [1.807, 2.05) is 6.92 Å². The fraction of sp³-hybridized carbons (Fsp3) is 0.857. The van der Waals surface area contributed by atoms with Gasteiger partial charge in [0.25, 0.3) is 0 Å². The Morgan fingerprint density at radius 3 is 2.74 bits per heavy atom. The van der Waals surface area contributed by atoms with Gasteiger partial charge in [-0.1, -0.05) is 19.0 Å². The molecule has 0 spiro atoms. The molecule has 1 aliphatic rings. The van der Waals surface area contributed by atoms with Crippen molar-refractivity contribution in [2.24, 2.45) is 5.92 Å². The lowest BCUT2D eigenvalue weighted by molar-refractivity contribution is 0.158. The molecular formula is C14H26N4O. The summed E-state index contributed by atoms with van der Waals surface area (Å²) in [6.45, 7) is 9.66. The smallest absolute Gasteiger partial charge is 0.240 e. The molecule has 108 valence electrons. The molecule has 0 unspecified atom stereocenters. The van der Waals surface area contributed by atoms with Gasteiger partial charge in [0, 0.05) is 6.42 Å². The molecule has 1 saturated heterocycles. The normalized spacial score (nSPS) is 18.0. The average Bonchev–Trinajstić information content (AvgIpc) is 2.89. The van der Waals surface area contributed by atoms with Gasteiger partial charge in [0.05, 0.1) is 6.54 Å². The maximum absolute atomic E-state index is 5.25. The molecule has 0 saturated carbocycles. The highest BCUT2D eigenvalue weighted by Crippen LogP contribution is 2.18. The second-order valence-corrected chi connectivity index (χ2v) is 5.38. The first-order valence-electron chi connectivity index (χ1n) is 7.56. The van der Waals surface area contributed by atoms with Gasteiger partial charge in [0.1, 0.15) is 0 Å². The van der Waals surface area contributed by atoms with Crippen LogP contribution in [-0.2, 0) is 13.0 Å². The van der Waals surface area contributed by atoms with Gasteiger partial charge in [-0.2, -0.15) is 4.98 Å². The lowest BCUT2D eigenvalue weighted by Crippen LogP contribution is -2.37. The van der Waals surface area contributed by atoms with Crippen molar-refractivity contribution in [2.75, 3.05) is 26.2 Å². The van der Waals surface area contributed by atoms with Crippen molar-refractivity contribution in [3.8, 4) is 0 Å². The van der Waals surface area contributed by atoms with E-state index in [1.54, 1.807) is 0 Å². The number of hydrogen-bond acceptors (Lipinski definition) is 5. The molecule has 5 nitrogen and oxygen atoms in total. The van der Waals surface area contributed by atoms with E-state index in [0.29, 0.717) is 0 Å². The minimum absolute atomic E-state index is 0.763. The van der Waals surface area contributed by atoms with Crippen LogP contribution in [0.15, 0.2) is 4.52 Å². The highest BCUT2D eigenvalue weighted by Gasteiger charge is 2.20. The number of rotatable bonds is 7. The summed E-state index contributed by atoms with van der Waals surface area (Å²) in [5.41, 5.74) is 0. The number of nitrogens with one attached hydrogen (secondary N) is 1. The Balaban J connectivity index is 1.68. The number of aryl methyl sites for hydroxylation is 1. The van der Waals surface area contributed by atoms with Crippen molar-refractivity contribution in [2.45, 2.75) is 46.1 Å². The highest BCUT2D eigenvalue weighted by molar-refractivity contribution is 4.86. The molecule has 1 aromatic heterocycles. The topological polar surface area (TPSA) is 54.2 Å². The van der Waals surface area contributed by atoms with Crippen LogP contribution in [0, 0.1) is 5.92 Å². The van der Waals surface area contributed by atoms with Crippen molar-refractivity contribution < 1.29 is 4.52 Å². The third-order valence-electron chi connectivity index (χ3n) is 3.75. The highest BCUT2D eigenvalue weighted by atomic mass is 16.5. The molecule has 0 aromatic carbocycles. The first kappa shape index (κ1) is 14.5. The zero-order chi connectivity index (χ0) is 13.5. The summed E-state index contributed by atoms with van der Waals surface area (Å²) in [7, 11) is 0. The monoisotopic (exact) mass is 266 g/mol.